The molecule has 3 amide bonds. The van der Waals surface area contributed by atoms with Crippen molar-refractivity contribution in [1.29, 1.82) is 0 Å². The lowest BCUT2D eigenvalue weighted by molar-refractivity contribution is -0.117. The number of hydrogen-bond donors (Lipinski definition) is 2. The number of carbonyl (C=O) groups is 2. The van der Waals surface area contributed by atoms with Crippen LogP contribution in [0, 0.1) is 17.6 Å². The number of rotatable bonds is 5. The average molecular weight is 508 g/mol. The van der Waals surface area contributed by atoms with Crippen LogP contribution in [-0.2, 0) is 17.9 Å². The number of urea groups is 1. The van der Waals surface area contributed by atoms with E-state index in [4.69, 9.17) is 4.74 Å². The maximum Gasteiger partial charge on any atom is 0.322 e. The van der Waals surface area contributed by atoms with E-state index in [1.54, 1.807) is 18.2 Å². The van der Waals surface area contributed by atoms with E-state index >= 15 is 0 Å². The number of ether oxygens (including phenoxy) is 1. The molecule has 1 aliphatic heterocycles. The van der Waals surface area contributed by atoms with Gasteiger partial charge in [0.25, 0.3) is 0 Å². The second-order valence-electron chi connectivity index (χ2n) is 8.70. The highest BCUT2D eigenvalue weighted by molar-refractivity contribution is 7.21. The van der Waals surface area contributed by atoms with E-state index < -0.39 is 17.7 Å². The van der Waals surface area contributed by atoms with Gasteiger partial charge in [-0.3, -0.25) is 4.79 Å². The number of fused-ring (bicyclic) bond motifs is 2. The SMILES string of the molecule is O=C(Nc1nc2ccc(Oc3ccc4c(c3)CN(C(=O)Nc3ccc(F)cc3F)C4)nc2s1)C1CC1. The van der Waals surface area contributed by atoms with Crippen molar-refractivity contribution in [3.8, 4) is 11.6 Å². The topological polar surface area (TPSA) is 96.5 Å². The molecule has 0 bridgehead atoms. The number of pyridine rings is 1. The normalized spacial score (nSPS) is 14.6. The van der Waals surface area contributed by atoms with Crippen molar-refractivity contribution in [2.45, 2.75) is 25.9 Å². The van der Waals surface area contributed by atoms with E-state index in [2.05, 4.69) is 20.6 Å². The Morgan fingerprint density at radius 2 is 1.81 bits per heavy atom. The lowest BCUT2D eigenvalue weighted by Crippen LogP contribution is -2.30. The Labute approximate surface area is 207 Å². The molecule has 1 saturated carbocycles. The smallest absolute Gasteiger partial charge is 0.322 e. The number of carbonyl (C=O) groups excluding carboxylic acids is 2. The molecule has 0 spiro atoms. The Balaban J connectivity index is 1.12. The number of benzene rings is 2. The predicted molar refractivity (Wildman–Crippen MR) is 130 cm³/mol. The molecule has 3 heterocycles. The summed E-state index contributed by atoms with van der Waals surface area (Å²) < 4.78 is 33.0. The van der Waals surface area contributed by atoms with Crippen LogP contribution in [0.5, 0.6) is 11.6 Å². The molecule has 2 aromatic heterocycles. The van der Waals surface area contributed by atoms with Gasteiger partial charge in [0.2, 0.25) is 11.8 Å². The van der Waals surface area contributed by atoms with E-state index in [-0.39, 0.29) is 17.5 Å². The zero-order valence-corrected chi connectivity index (χ0v) is 19.6. The lowest BCUT2D eigenvalue weighted by atomic mass is 10.1. The van der Waals surface area contributed by atoms with Crippen LogP contribution in [0.2, 0.25) is 0 Å². The molecule has 1 fully saturated rings. The van der Waals surface area contributed by atoms with Gasteiger partial charge in [0.1, 0.15) is 27.7 Å². The molecule has 6 rings (SSSR count). The first kappa shape index (κ1) is 22.4. The van der Waals surface area contributed by atoms with Gasteiger partial charge >= 0.3 is 6.03 Å². The van der Waals surface area contributed by atoms with Gasteiger partial charge in [-0.1, -0.05) is 17.4 Å². The summed E-state index contributed by atoms with van der Waals surface area (Å²) in [7, 11) is 0. The molecule has 0 radical (unpaired) electrons. The summed E-state index contributed by atoms with van der Waals surface area (Å²) in [5, 5.41) is 5.84. The summed E-state index contributed by atoms with van der Waals surface area (Å²) in [4.78, 5) is 35.7. The van der Waals surface area contributed by atoms with Gasteiger partial charge in [0, 0.05) is 31.1 Å². The minimum Gasteiger partial charge on any atom is -0.439 e. The largest absolute Gasteiger partial charge is 0.439 e. The van der Waals surface area contributed by atoms with Crippen LogP contribution in [-0.4, -0.2) is 26.8 Å². The summed E-state index contributed by atoms with van der Waals surface area (Å²) in [6, 6.07) is 11.5. The molecular weight excluding hydrogens is 488 g/mol. The number of thiazole rings is 1. The highest BCUT2D eigenvalue weighted by atomic mass is 32.1. The van der Waals surface area contributed by atoms with Gasteiger partial charge in [0.05, 0.1) is 5.69 Å². The fourth-order valence-corrected chi connectivity index (χ4v) is 4.78. The molecule has 2 aromatic carbocycles. The first-order chi connectivity index (χ1) is 17.4. The van der Waals surface area contributed by atoms with Crippen molar-refractivity contribution >= 4 is 44.4 Å². The Bertz CT molecular complexity index is 1520. The average Bonchev–Trinajstić information content (AvgIpc) is 3.50. The van der Waals surface area contributed by atoms with Crippen molar-refractivity contribution in [2.75, 3.05) is 10.6 Å². The van der Waals surface area contributed by atoms with E-state index in [1.807, 2.05) is 12.1 Å². The van der Waals surface area contributed by atoms with Gasteiger partial charge in [-0.2, -0.15) is 0 Å². The van der Waals surface area contributed by atoms with Crippen LogP contribution in [0.3, 0.4) is 0 Å². The number of aromatic nitrogens is 2. The molecular formula is C25H19F2N5O3S. The van der Waals surface area contributed by atoms with Gasteiger partial charge in [-0.25, -0.2) is 23.5 Å². The number of nitrogens with one attached hydrogen (secondary N) is 2. The lowest BCUT2D eigenvalue weighted by Gasteiger charge is -2.16. The highest BCUT2D eigenvalue weighted by Crippen LogP contribution is 2.33. The number of nitrogens with zero attached hydrogens (tertiary/aromatic N) is 3. The summed E-state index contributed by atoms with van der Waals surface area (Å²) in [6.07, 6.45) is 1.84. The maximum atomic E-state index is 13.9. The molecule has 0 saturated heterocycles. The Hall–Kier alpha value is -4.12. The van der Waals surface area contributed by atoms with E-state index in [1.165, 1.54) is 22.3 Å². The predicted octanol–water partition coefficient (Wildman–Crippen LogP) is 5.66. The highest BCUT2D eigenvalue weighted by Gasteiger charge is 2.30. The van der Waals surface area contributed by atoms with Crippen LogP contribution < -0.4 is 15.4 Å². The summed E-state index contributed by atoms with van der Waals surface area (Å²) in [5.74, 6) is -0.524. The maximum absolute atomic E-state index is 13.9. The van der Waals surface area contributed by atoms with Gasteiger partial charge < -0.3 is 20.3 Å². The first-order valence-electron chi connectivity index (χ1n) is 11.3. The summed E-state index contributed by atoms with van der Waals surface area (Å²) >= 11 is 1.29. The number of hydrogen-bond acceptors (Lipinski definition) is 6. The zero-order valence-electron chi connectivity index (χ0n) is 18.8. The van der Waals surface area contributed by atoms with Crippen molar-refractivity contribution in [2.24, 2.45) is 5.92 Å². The molecule has 182 valence electrons. The standard InChI is InChI=1S/C25H19F2N5O3S/c26-16-4-6-19(18(27)10-16)29-25(34)32-11-14-3-5-17(9-15(14)12-32)35-21-8-7-20-23(30-21)36-24(28-20)31-22(33)13-1-2-13/h3-10,13H,1-2,11-12H2,(H,29,34)(H,28,31,33). The fraction of sp³-hybridized carbons (Fsp3) is 0.200. The van der Waals surface area contributed by atoms with Crippen LogP contribution in [0.1, 0.15) is 24.0 Å². The van der Waals surface area contributed by atoms with E-state index in [0.717, 1.165) is 36.1 Å². The molecule has 36 heavy (non-hydrogen) atoms. The quantitative estimate of drug-likeness (QED) is 0.364. The van der Waals surface area contributed by atoms with Crippen LogP contribution in [0.15, 0.2) is 48.5 Å². The number of halogens is 2. The Morgan fingerprint density at radius 1 is 0.972 bits per heavy atom. The zero-order chi connectivity index (χ0) is 24.8. The first-order valence-corrected chi connectivity index (χ1v) is 12.1. The molecule has 0 unspecified atom stereocenters. The molecule has 11 heteroatoms. The molecule has 4 aromatic rings. The molecule has 2 aliphatic rings. The van der Waals surface area contributed by atoms with Crippen LogP contribution in [0.4, 0.5) is 24.4 Å². The van der Waals surface area contributed by atoms with Gasteiger partial charge in [-0.05, 0) is 54.3 Å². The molecule has 0 atom stereocenters. The van der Waals surface area contributed by atoms with Crippen molar-refractivity contribution in [1.82, 2.24) is 14.9 Å². The third-order valence-corrected chi connectivity index (χ3v) is 6.87. The Kier molecular flexibility index (Phi) is 5.48. The van der Waals surface area contributed by atoms with Crippen LogP contribution >= 0.6 is 11.3 Å². The minimum absolute atomic E-state index is 0.00537. The Morgan fingerprint density at radius 3 is 2.61 bits per heavy atom. The number of amides is 3. The molecule has 8 nitrogen and oxygen atoms in total. The van der Waals surface area contributed by atoms with Gasteiger partial charge in [0.15, 0.2) is 5.13 Å². The van der Waals surface area contributed by atoms with Crippen molar-refractivity contribution in [3.05, 3.63) is 71.3 Å². The molecule has 2 N–H and O–H groups in total. The third kappa shape index (κ3) is 4.57. The summed E-state index contributed by atoms with van der Waals surface area (Å²) in [5.41, 5.74) is 2.43. The second kappa shape index (κ2) is 8.83. The monoisotopic (exact) mass is 507 g/mol. The van der Waals surface area contributed by atoms with Crippen molar-refractivity contribution in [3.63, 3.8) is 0 Å². The van der Waals surface area contributed by atoms with Crippen molar-refractivity contribution < 1.29 is 23.1 Å². The van der Waals surface area contributed by atoms with Crippen LogP contribution in [0.25, 0.3) is 10.3 Å². The van der Waals surface area contributed by atoms with E-state index in [0.29, 0.717) is 40.2 Å². The minimum atomic E-state index is -0.835. The third-order valence-electron chi connectivity index (χ3n) is 5.99. The number of anilines is 2. The van der Waals surface area contributed by atoms with E-state index in [9.17, 15) is 18.4 Å². The summed E-state index contributed by atoms with van der Waals surface area (Å²) in [6.45, 7) is 0.664. The molecule has 1 aliphatic carbocycles. The fourth-order valence-electron chi connectivity index (χ4n) is 3.95. The van der Waals surface area contributed by atoms with Gasteiger partial charge in [-0.15, -0.1) is 0 Å². The second-order valence-corrected chi connectivity index (χ2v) is 9.68.